The highest BCUT2D eigenvalue weighted by Crippen LogP contribution is 2.35. The van der Waals surface area contributed by atoms with Crippen LogP contribution in [0, 0.1) is 0 Å². The number of nitrogens with zero attached hydrogens (tertiary/aromatic N) is 3. The summed E-state index contributed by atoms with van der Waals surface area (Å²) >= 11 is 0. The van der Waals surface area contributed by atoms with Crippen molar-refractivity contribution in [2.24, 2.45) is 5.73 Å². The molecule has 1 aliphatic rings. The van der Waals surface area contributed by atoms with E-state index in [1.54, 1.807) is 25.3 Å². The third-order valence-corrected chi connectivity index (χ3v) is 6.56. The zero-order valence-electron chi connectivity index (χ0n) is 21.9. The highest BCUT2D eigenvalue weighted by molar-refractivity contribution is 5.98. The molecule has 2 aromatic carbocycles. The normalized spacial score (nSPS) is 14.5. The number of carbonyl (C=O) groups is 2. The summed E-state index contributed by atoms with van der Waals surface area (Å²) in [6.07, 6.45) is 4.60. The molecule has 4 rings (SSSR count). The van der Waals surface area contributed by atoms with Gasteiger partial charge in [-0.2, -0.15) is 4.98 Å². The Kier molecular flexibility index (Phi) is 8.62. The minimum atomic E-state index is -0.715. The number of benzene rings is 2. The molecule has 1 aliphatic heterocycles. The molecule has 5 N–H and O–H groups in total. The van der Waals surface area contributed by atoms with Crippen LogP contribution in [0.4, 0.5) is 28.8 Å². The van der Waals surface area contributed by atoms with Gasteiger partial charge in [-0.1, -0.05) is 6.58 Å². The van der Waals surface area contributed by atoms with Crippen molar-refractivity contribution in [3.8, 4) is 11.5 Å². The standard InChI is InChI=1S/C28H32N6O5/c1-4-20(36)12-17-13-21(38-2)8-10-23(17)31-27-22(26(29)37)15-30-28(33-27)32-24-9-7-18(14-25(24)39-3)34-11-5-6-19(34)16-35/h4,7-10,13-15,19,35H,1,5-6,11-12,16H2,2-3H3,(H2,29,37)(H2,30,31,32,33)/t19-/m1/s1. The van der Waals surface area contributed by atoms with Crippen LogP contribution in [0.3, 0.4) is 0 Å². The number of ketones is 1. The topological polar surface area (TPSA) is 152 Å². The van der Waals surface area contributed by atoms with Gasteiger partial charge in [-0.3, -0.25) is 9.59 Å². The highest BCUT2D eigenvalue weighted by atomic mass is 16.5. The van der Waals surface area contributed by atoms with Crippen LogP contribution in [0.15, 0.2) is 55.3 Å². The lowest BCUT2D eigenvalue weighted by Crippen LogP contribution is -2.31. The molecule has 1 fully saturated rings. The van der Waals surface area contributed by atoms with Gasteiger partial charge < -0.3 is 35.8 Å². The van der Waals surface area contributed by atoms with Crippen molar-refractivity contribution < 1.29 is 24.2 Å². The third-order valence-electron chi connectivity index (χ3n) is 6.56. The number of aromatic nitrogens is 2. The van der Waals surface area contributed by atoms with Crippen molar-refractivity contribution in [3.63, 3.8) is 0 Å². The van der Waals surface area contributed by atoms with Crippen LogP contribution in [0.1, 0.15) is 28.8 Å². The number of aliphatic hydroxyl groups excluding tert-OH is 1. The molecule has 39 heavy (non-hydrogen) atoms. The Morgan fingerprint density at radius 1 is 1.18 bits per heavy atom. The molecule has 11 nitrogen and oxygen atoms in total. The zero-order valence-corrected chi connectivity index (χ0v) is 21.9. The van der Waals surface area contributed by atoms with Crippen LogP contribution in [-0.2, 0) is 11.2 Å². The SMILES string of the molecule is C=CC(=O)Cc1cc(OC)ccc1Nc1nc(Nc2ccc(N3CCC[C@@H]3CO)cc2OC)ncc1C(N)=O. The number of aliphatic hydroxyl groups is 1. The number of hydrogen-bond acceptors (Lipinski definition) is 10. The highest BCUT2D eigenvalue weighted by Gasteiger charge is 2.25. The minimum absolute atomic E-state index is 0.0723. The van der Waals surface area contributed by atoms with E-state index in [0.29, 0.717) is 28.4 Å². The Morgan fingerprint density at radius 3 is 2.67 bits per heavy atom. The molecule has 2 heterocycles. The summed E-state index contributed by atoms with van der Waals surface area (Å²) in [7, 11) is 3.10. The van der Waals surface area contributed by atoms with Gasteiger partial charge in [0.1, 0.15) is 22.9 Å². The molecule has 1 amide bonds. The van der Waals surface area contributed by atoms with Gasteiger partial charge in [0.25, 0.3) is 5.91 Å². The predicted octanol–water partition coefficient (Wildman–Crippen LogP) is 3.34. The first kappa shape index (κ1) is 27.4. The van der Waals surface area contributed by atoms with Gasteiger partial charge in [-0.15, -0.1) is 0 Å². The summed E-state index contributed by atoms with van der Waals surface area (Å²) in [6.45, 7) is 4.49. The fourth-order valence-electron chi connectivity index (χ4n) is 4.52. The number of anilines is 5. The van der Waals surface area contributed by atoms with E-state index in [4.69, 9.17) is 15.2 Å². The van der Waals surface area contributed by atoms with Gasteiger partial charge in [0.15, 0.2) is 5.78 Å². The molecule has 0 radical (unpaired) electrons. The molecule has 0 unspecified atom stereocenters. The van der Waals surface area contributed by atoms with Crippen molar-refractivity contribution in [2.45, 2.75) is 25.3 Å². The molecule has 11 heteroatoms. The van der Waals surface area contributed by atoms with Gasteiger partial charge in [0, 0.05) is 36.6 Å². The van der Waals surface area contributed by atoms with E-state index in [-0.39, 0.29) is 42.2 Å². The molecule has 0 spiro atoms. The van der Waals surface area contributed by atoms with Crippen LogP contribution in [-0.4, -0.2) is 60.2 Å². The molecule has 1 aromatic heterocycles. The van der Waals surface area contributed by atoms with Gasteiger partial charge in [0.05, 0.1) is 32.6 Å². The third kappa shape index (κ3) is 6.27. The molecule has 3 aromatic rings. The molecular formula is C28H32N6O5. The molecule has 0 saturated carbocycles. The van der Waals surface area contributed by atoms with Crippen molar-refractivity contribution in [3.05, 3.63) is 66.4 Å². The van der Waals surface area contributed by atoms with Crippen molar-refractivity contribution in [1.82, 2.24) is 9.97 Å². The van der Waals surface area contributed by atoms with Gasteiger partial charge in [-0.25, -0.2) is 4.98 Å². The largest absolute Gasteiger partial charge is 0.497 e. The Balaban J connectivity index is 1.64. The zero-order chi connectivity index (χ0) is 27.9. The number of hydrogen-bond donors (Lipinski definition) is 4. The van der Waals surface area contributed by atoms with Crippen LogP contribution < -0.4 is 30.7 Å². The first-order chi connectivity index (χ1) is 18.9. The smallest absolute Gasteiger partial charge is 0.254 e. The maximum absolute atomic E-state index is 12.2. The Morgan fingerprint density at radius 2 is 1.97 bits per heavy atom. The fourth-order valence-corrected chi connectivity index (χ4v) is 4.52. The van der Waals surface area contributed by atoms with Gasteiger partial charge in [-0.05, 0) is 54.8 Å². The Hall–Kier alpha value is -4.64. The first-order valence-electron chi connectivity index (χ1n) is 12.5. The minimum Gasteiger partial charge on any atom is -0.497 e. The van der Waals surface area contributed by atoms with Crippen molar-refractivity contribution >= 4 is 40.5 Å². The number of ether oxygens (including phenoxy) is 2. The number of rotatable bonds is 12. The van der Waals surface area contributed by atoms with Gasteiger partial charge in [0.2, 0.25) is 5.95 Å². The van der Waals surface area contributed by atoms with Crippen LogP contribution >= 0.6 is 0 Å². The summed E-state index contributed by atoms with van der Waals surface area (Å²) in [6, 6.07) is 10.9. The Bertz CT molecular complexity index is 1380. The van der Waals surface area contributed by atoms with E-state index in [0.717, 1.165) is 25.1 Å². The fraction of sp³-hybridized carbons (Fsp3) is 0.286. The quantitative estimate of drug-likeness (QED) is 0.256. The van der Waals surface area contributed by atoms with E-state index in [9.17, 15) is 14.7 Å². The number of nitrogens with one attached hydrogen (secondary N) is 2. The number of carbonyl (C=O) groups excluding carboxylic acids is 2. The van der Waals surface area contributed by atoms with E-state index in [1.165, 1.54) is 19.4 Å². The molecule has 204 valence electrons. The van der Waals surface area contributed by atoms with E-state index in [1.807, 2.05) is 18.2 Å². The summed E-state index contributed by atoms with van der Waals surface area (Å²) in [5.41, 5.74) is 8.40. The monoisotopic (exact) mass is 532 g/mol. The van der Waals surface area contributed by atoms with Crippen molar-refractivity contribution in [1.29, 1.82) is 0 Å². The number of primary amides is 1. The summed E-state index contributed by atoms with van der Waals surface area (Å²) in [4.78, 5) is 35.2. The molecule has 0 bridgehead atoms. The molecule has 1 atom stereocenters. The predicted molar refractivity (Wildman–Crippen MR) is 149 cm³/mol. The maximum Gasteiger partial charge on any atom is 0.254 e. The molecule has 1 saturated heterocycles. The molecule has 0 aliphatic carbocycles. The maximum atomic E-state index is 12.2. The van der Waals surface area contributed by atoms with E-state index >= 15 is 0 Å². The molecular weight excluding hydrogens is 500 g/mol. The average Bonchev–Trinajstić information content (AvgIpc) is 3.43. The number of methoxy groups -OCH3 is 2. The van der Waals surface area contributed by atoms with Crippen molar-refractivity contribution in [2.75, 3.05) is 42.9 Å². The summed E-state index contributed by atoms with van der Waals surface area (Å²) in [5.74, 6) is 0.598. The van der Waals surface area contributed by atoms with Crippen LogP contribution in [0.2, 0.25) is 0 Å². The van der Waals surface area contributed by atoms with E-state index in [2.05, 4.69) is 32.1 Å². The number of allylic oxidation sites excluding steroid dienone is 1. The van der Waals surface area contributed by atoms with Gasteiger partial charge >= 0.3 is 0 Å². The second-order valence-corrected chi connectivity index (χ2v) is 9.00. The van der Waals surface area contributed by atoms with Crippen LogP contribution in [0.25, 0.3) is 0 Å². The van der Waals surface area contributed by atoms with Crippen LogP contribution in [0.5, 0.6) is 11.5 Å². The van der Waals surface area contributed by atoms with E-state index < -0.39 is 5.91 Å². The Labute approximate surface area is 226 Å². The number of nitrogens with two attached hydrogens (primary N) is 1. The average molecular weight is 533 g/mol. The lowest BCUT2D eigenvalue weighted by Gasteiger charge is -2.26. The second-order valence-electron chi connectivity index (χ2n) is 9.00. The lowest BCUT2D eigenvalue weighted by molar-refractivity contribution is -0.114. The number of amides is 1. The first-order valence-corrected chi connectivity index (χ1v) is 12.5. The lowest BCUT2D eigenvalue weighted by atomic mass is 10.1. The summed E-state index contributed by atoms with van der Waals surface area (Å²) < 4.78 is 10.9. The summed E-state index contributed by atoms with van der Waals surface area (Å²) in [5, 5.41) is 16.0. The second kappa shape index (κ2) is 12.3.